The zero-order chi connectivity index (χ0) is 13.0. The van der Waals surface area contributed by atoms with Crippen LogP contribution in [0.25, 0.3) is 0 Å². The summed E-state index contributed by atoms with van der Waals surface area (Å²) in [4.78, 5) is 34.8. The van der Waals surface area contributed by atoms with Crippen molar-refractivity contribution in [1.82, 2.24) is 4.90 Å². The van der Waals surface area contributed by atoms with Gasteiger partial charge in [0.1, 0.15) is 12.9 Å². The lowest BCUT2D eigenvalue weighted by Crippen LogP contribution is -2.39. The maximum absolute atomic E-state index is 11.7. The monoisotopic (exact) mass is 247 g/mol. The molecular formula is C13H13NO4. The molecule has 5 heteroatoms. The molecule has 1 saturated heterocycles. The van der Waals surface area contributed by atoms with E-state index in [-0.39, 0.29) is 18.9 Å². The van der Waals surface area contributed by atoms with Crippen LogP contribution in [-0.2, 0) is 20.9 Å². The second-order valence-electron chi connectivity index (χ2n) is 4.05. The molecule has 0 unspecified atom stereocenters. The minimum absolute atomic E-state index is 0.0923. The molecular weight excluding hydrogens is 234 g/mol. The Morgan fingerprint density at radius 1 is 1.39 bits per heavy atom. The molecule has 94 valence electrons. The molecule has 1 aliphatic heterocycles. The average molecular weight is 247 g/mol. The van der Waals surface area contributed by atoms with E-state index in [1.165, 1.54) is 0 Å². The summed E-state index contributed by atoms with van der Waals surface area (Å²) >= 11 is 0. The fourth-order valence-corrected chi connectivity index (χ4v) is 1.86. The van der Waals surface area contributed by atoms with E-state index in [2.05, 4.69) is 0 Å². The van der Waals surface area contributed by atoms with Gasteiger partial charge >= 0.3 is 6.09 Å². The van der Waals surface area contributed by atoms with Gasteiger partial charge in [0.05, 0.1) is 6.04 Å². The molecule has 2 rings (SSSR count). The molecule has 2 amide bonds. The largest absolute Gasteiger partial charge is 0.444 e. The van der Waals surface area contributed by atoms with Crippen molar-refractivity contribution in [3.8, 4) is 0 Å². The van der Waals surface area contributed by atoms with Crippen LogP contribution in [0, 0.1) is 0 Å². The van der Waals surface area contributed by atoms with Crippen LogP contribution in [0.15, 0.2) is 30.3 Å². The highest BCUT2D eigenvalue weighted by molar-refractivity contribution is 5.97. The van der Waals surface area contributed by atoms with Gasteiger partial charge in [-0.1, -0.05) is 30.3 Å². The van der Waals surface area contributed by atoms with Gasteiger partial charge in [-0.25, -0.2) is 9.69 Å². The quantitative estimate of drug-likeness (QED) is 0.759. The molecule has 0 saturated carbocycles. The van der Waals surface area contributed by atoms with Crippen molar-refractivity contribution >= 4 is 18.3 Å². The number of hydrogen-bond donors (Lipinski definition) is 0. The molecule has 1 aromatic carbocycles. The van der Waals surface area contributed by atoms with E-state index in [0.717, 1.165) is 10.5 Å². The predicted octanol–water partition coefficient (Wildman–Crippen LogP) is 1.51. The molecule has 0 spiro atoms. The fraction of sp³-hybridized carbons (Fsp3) is 0.308. The Balaban J connectivity index is 1.95. The Bertz CT molecular complexity index is 457. The van der Waals surface area contributed by atoms with Crippen molar-refractivity contribution in [2.24, 2.45) is 0 Å². The van der Waals surface area contributed by atoms with Crippen LogP contribution in [0.2, 0.25) is 0 Å². The Morgan fingerprint density at radius 2 is 2.11 bits per heavy atom. The predicted molar refractivity (Wildman–Crippen MR) is 62.6 cm³/mol. The SMILES string of the molecule is O=C[C@@H]1CCC(=O)N1C(=O)OCc1ccccc1. The van der Waals surface area contributed by atoms with Crippen LogP contribution in [0.1, 0.15) is 18.4 Å². The van der Waals surface area contributed by atoms with Crippen LogP contribution >= 0.6 is 0 Å². The third-order valence-corrected chi connectivity index (χ3v) is 2.81. The van der Waals surface area contributed by atoms with Crippen molar-refractivity contribution in [2.45, 2.75) is 25.5 Å². The van der Waals surface area contributed by atoms with Crippen molar-refractivity contribution < 1.29 is 19.1 Å². The summed E-state index contributed by atoms with van der Waals surface area (Å²) < 4.78 is 5.02. The van der Waals surface area contributed by atoms with Crippen molar-refractivity contribution in [3.05, 3.63) is 35.9 Å². The molecule has 0 aliphatic carbocycles. The third kappa shape index (κ3) is 2.56. The zero-order valence-corrected chi connectivity index (χ0v) is 9.74. The van der Waals surface area contributed by atoms with Gasteiger partial charge in [0.15, 0.2) is 0 Å². The normalized spacial score (nSPS) is 18.8. The molecule has 5 nitrogen and oxygen atoms in total. The highest BCUT2D eigenvalue weighted by Gasteiger charge is 2.36. The Morgan fingerprint density at radius 3 is 2.78 bits per heavy atom. The number of imide groups is 1. The Labute approximate surface area is 104 Å². The first-order valence-electron chi connectivity index (χ1n) is 5.70. The number of benzene rings is 1. The summed E-state index contributed by atoms with van der Waals surface area (Å²) in [6.45, 7) is 0.0923. The lowest BCUT2D eigenvalue weighted by Gasteiger charge is -2.17. The van der Waals surface area contributed by atoms with Crippen LogP contribution in [0.4, 0.5) is 4.79 Å². The van der Waals surface area contributed by atoms with Crippen LogP contribution in [0.5, 0.6) is 0 Å². The van der Waals surface area contributed by atoms with Gasteiger partial charge in [-0.15, -0.1) is 0 Å². The highest BCUT2D eigenvalue weighted by Crippen LogP contribution is 2.18. The molecule has 18 heavy (non-hydrogen) atoms. The second-order valence-corrected chi connectivity index (χ2v) is 4.05. The van der Waals surface area contributed by atoms with E-state index >= 15 is 0 Å². The molecule has 1 aliphatic rings. The number of likely N-dealkylation sites (tertiary alicyclic amines) is 1. The molecule has 1 atom stereocenters. The van der Waals surface area contributed by atoms with Crippen LogP contribution in [-0.4, -0.2) is 29.2 Å². The smallest absolute Gasteiger partial charge is 0.417 e. The first-order chi connectivity index (χ1) is 8.72. The van der Waals surface area contributed by atoms with Gasteiger partial charge in [0.2, 0.25) is 5.91 Å². The number of amides is 2. The van der Waals surface area contributed by atoms with Crippen molar-refractivity contribution in [2.75, 3.05) is 0 Å². The minimum Gasteiger partial charge on any atom is -0.444 e. The Hall–Kier alpha value is -2.17. The number of carbonyl (C=O) groups excluding carboxylic acids is 3. The third-order valence-electron chi connectivity index (χ3n) is 2.81. The standard InChI is InChI=1S/C13H13NO4/c15-8-11-6-7-12(16)14(11)13(17)18-9-10-4-2-1-3-5-10/h1-5,8,11H,6-7,9H2/t11-/m0/s1. The minimum atomic E-state index is -0.751. The molecule has 0 aromatic heterocycles. The molecule has 1 heterocycles. The first kappa shape index (κ1) is 12.3. The summed E-state index contributed by atoms with van der Waals surface area (Å²) in [5, 5.41) is 0. The van der Waals surface area contributed by atoms with Crippen LogP contribution in [0.3, 0.4) is 0 Å². The first-order valence-corrected chi connectivity index (χ1v) is 5.70. The molecule has 0 N–H and O–H groups in total. The highest BCUT2D eigenvalue weighted by atomic mass is 16.6. The van der Waals surface area contributed by atoms with E-state index in [1.807, 2.05) is 30.3 Å². The van der Waals surface area contributed by atoms with Gasteiger partial charge in [-0.3, -0.25) is 4.79 Å². The summed E-state index contributed by atoms with van der Waals surface area (Å²) in [7, 11) is 0. The summed E-state index contributed by atoms with van der Waals surface area (Å²) in [5.41, 5.74) is 0.833. The van der Waals surface area contributed by atoms with E-state index in [4.69, 9.17) is 4.74 Å². The molecule has 0 radical (unpaired) electrons. The molecule has 0 bridgehead atoms. The second kappa shape index (κ2) is 5.44. The van der Waals surface area contributed by atoms with Crippen LogP contribution < -0.4 is 0 Å². The van der Waals surface area contributed by atoms with Crippen molar-refractivity contribution in [3.63, 3.8) is 0 Å². The maximum Gasteiger partial charge on any atom is 0.417 e. The van der Waals surface area contributed by atoms with Gasteiger partial charge < -0.3 is 9.53 Å². The van der Waals surface area contributed by atoms with Gasteiger partial charge in [0.25, 0.3) is 0 Å². The van der Waals surface area contributed by atoms with Gasteiger partial charge in [-0.05, 0) is 12.0 Å². The maximum atomic E-state index is 11.7. The summed E-state index contributed by atoms with van der Waals surface area (Å²) in [5.74, 6) is -0.356. The number of ether oxygens (including phenoxy) is 1. The lowest BCUT2D eigenvalue weighted by molar-refractivity contribution is -0.129. The zero-order valence-electron chi connectivity index (χ0n) is 9.74. The number of carbonyl (C=O) groups is 3. The fourth-order valence-electron chi connectivity index (χ4n) is 1.86. The van der Waals surface area contributed by atoms with E-state index < -0.39 is 12.1 Å². The topological polar surface area (TPSA) is 63.7 Å². The van der Waals surface area contributed by atoms with Crippen molar-refractivity contribution in [1.29, 1.82) is 0 Å². The van der Waals surface area contributed by atoms with E-state index in [1.54, 1.807) is 0 Å². The van der Waals surface area contributed by atoms with Gasteiger partial charge in [0, 0.05) is 6.42 Å². The molecule has 1 aromatic rings. The summed E-state index contributed by atoms with van der Waals surface area (Å²) in [6.07, 6.45) is 0.444. The number of hydrogen-bond acceptors (Lipinski definition) is 4. The Kier molecular flexibility index (Phi) is 3.72. The van der Waals surface area contributed by atoms with E-state index in [0.29, 0.717) is 12.7 Å². The summed E-state index contributed by atoms with van der Waals surface area (Å²) in [6, 6.07) is 8.47. The number of rotatable bonds is 3. The lowest BCUT2D eigenvalue weighted by atomic mass is 10.2. The number of aldehydes is 1. The molecule has 1 fully saturated rings. The van der Waals surface area contributed by atoms with E-state index in [9.17, 15) is 14.4 Å². The average Bonchev–Trinajstić information content (AvgIpc) is 2.78. The number of nitrogens with zero attached hydrogens (tertiary/aromatic N) is 1. The van der Waals surface area contributed by atoms with Gasteiger partial charge in [-0.2, -0.15) is 0 Å².